The average molecular weight is 325 g/mol. The van der Waals surface area contributed by atoms with Gasteiger partial charge in [-0.2, -0.15) is 0 Å². The molecule has 0 fully saturated rings. The smallest absolute Gasteiger partial charge is 0.412 e. The van der Waals surface area contributed by atoms with E-state index in [9.17, 15) is 9.59 Å². The van der Waals surface area contributed by atoms with Crippen LogP contribution in [0.15, 0.2) is 41.2 Å². The second-order valence-corrected chi connectivity index (χ2v) is 4.91. The van der Waals surface area contributed by atoms with Crippen LogP contribution >= 0.6 is 0 Å². The molecule has 0 aliphatic heterocycles. The van der Waals surface area contributed by atoms with E-state index in [1.54, 1.807) is 19.1 Å². The molecule has 1 amide bonds. The first-order valence-electron chi connectivity index (χ1n) is 7.28. The monoisotopic (exact) mass is 325 g/mol. The van der Waals surface area contributed by atoms with Crippen molar-refractivity contribution in [2.45, 2.75) is 6.92 Å². The number of anilines is 2. The van der Waals surface area contributed by atoms with E-state index in [4.69, 9.17) is 10.5 Å². The van der Waals surface area contributed by atoms with Crippen molar-refractivity contribution in [3.05, 3.63) is 46.8 Å². The summed E-state index contributed by atoms with van der Waals surface area (Å²) in [4.78, 5) is 34.9. The predicted octanol–water partition coefficient (Wildman–Crippen LogP) is 2.14. The van der Waals surface area contributed by atoms with Crippen molar-refractivity contribution >= 4 is 28.8 Å². The molecule has 0 saturated carbocycles. The molecule has 1 aromatic carbocycles. The van der Waals surface area contributed by atoms with Crippen LogP contribution in [-0.4, -0.2) is 27.7 Å². The number of H-pyrrole nitrogens is 1. The number of aromatic amines is 1. The number of rotatable bonds is 3. The highest BCUT2D eigenvalue weighted by molar-refractivity contribution is 5.91. The highest BCUT2D eigenvalue weighted by Gasteiger charge is 2.12. The van der Waals surface area contributed by atoms with Gasteiger partial charge in [0.2, 0.25) is 0 Å². The first kappa shape index (κ1) is 15.5. The lowest BCUT2D eigenvalue weighted by Gasteiger charge is -2.08. The van der Waals surface area contributed by atoms with Crippen molar-refractivity contribution in [3.63, 3.8) is 0 Å². The number of nitrogens with two attached hydrogens (primary N) is 1. The number of carbonyl (C=O) groups is 1. The quantitative estimate of drug-likeness (QED) is 0.678. The van der Waals surface area contributed by atoms with E-state index in [0.29, 0.717) is 16.6 Å². The number of ether oxygens (including phenoxy) is 1. The van der Waals surface area contributed by atoms with Crippen LogP contribution < -0.4 is 16.6 Å². The van der Waals surface area contributed by atoms with E-state index in [1.807, 2.05) is 18.2 Å². The fourth-order valence-electron chi connectivity index (χ4n) is 2.24. The van der Waals surface area contributed by atoms with E-state index >= 15 is 0 Å². The molecule has 3 rings (SSSR count). The third kappa shape index (κ3) is 3.02. The first-order valence-corrected chi connectivity index (χ1v) is 7.28. The third-order valence-corrected chi connectivity index (χ3v) is 3.26. The molecule has 8 nitrogen and oxygen atoms in total. The largest absolute Gasteiger partial charge is 0.450 e. The van der Waals surface area contributed by atoms with Gasteiger partial charge in [0.1, 0.15) is 17.0 Å². The Morgan fingerprint density at radius 3 is 2.75 bits per heavy atom. The fourth-order valence-corrected chi connectivity index (χ4v) is 2.24. The van der Waals surface area contributed by atoms with Crippen LogP contribution in [0.3, 0.4) is 0 Å². The maximum atomic E-state index is 12.3. The summed E-state index contributed by atoms with van der Waals surface area (Å²) in [6.07, 6.45) is -0.653. The molecule has 0 bridgehead atoms. The van der Waals surface area contributed by atoms with Gasteiger partial charge >= 0.3 is 6.09 Å². The first-order chi connectivity index (χ1) is 11.6. The lowest BCUT2D eigenvalue weighted by atomic mass is 10.1. The van der Waals surface area contributed by atoms with Crippen molar-refractivity contribution in [2.24, 2.45) is 0 Å². The molecule has 3 aromatic rings. The minimum Gasteiger partial charge on any atom is -0.450 e. The van der Waals surface area contributed by atoms with Crippen molar-refractivity contribution < 1.29 is 9.53 Å². The molecule has 2 heterocycles. The average Bonchev–Trinajstić information content (AvgIpc) is 2.55. The van der Waals surface area contributed by atoms with Crippen LogP contribution in [0, 0.1) is 0 Å². The fraction of sp³-hybridized carbons (Fsp3) is 0.125. The molecule has 0 radical (unpaired) electrons. The van der Waals surface area contributed by atoms with Gasteiger partial charge in [0.15, 0.2) is 5.82 Å². The zero-order chi connectivity index (χ0) is 17.1. The molecule has 0 unspecified atom stereocenters. The number of carbonyl (C=O) groups excluding carboxylic acids is 1. The van der Waals surface area contributed by atoms with Gasteiger partial charge in [-0.15, -0.1) is 0 Å². The van der Waals surface area contributed by atoms with Gasteiger partial charge < -0.3 is 15.5 Å². The number of aromatic nitrogens is 3. The molecular weight excluding hydrogens is 310 g/mol. The number of benzene rings is 1. The Kier molecular flexibility index (Phi) is 4.11. The zero-order valence-electron chi connectivity index (χ0n) is 12.9. The van der Waals surface area contributed by atoms with Gasteiger partial charge in [0.05, 0.1) is 12.1 Å². The SMILES string of the molecule is CCOC(=O)Nc1cc2[nH]c(=O)c(-c3ccccc3)nc2c(N)n1. The maximum Gasteiger partial charge on any atom is 0.412 e. The summed E-state index contributed by atoms with van der Waals surface area (Å²) in [7, 11) is 0. The van der Waals surface area contributed by atoms with Crippen LogP contribution in [0.4, 0.5) is 16.4 Å². The molecule has 0 aliphatic carbocycles. The lowest BCUT2D eigenvalue weighted by Crippen LogP contribution is -2.16. The Morgan fingerprint density at radius 1 is 1.29 bits per heavy atom. The standard InChI is InChI=1S/C16H15N5O3/c1-2-24-16(23)20-11-8-10-13(14(17)19-11)21-12(15(22)18-10)9-6-4-3-5-7-9/h3-8H,2H2,1H3,(H,18,22)(H3,17,19,20,23). The Bertz CT molecular complexity index is 953. The van der Waals surface area contributed by atoms with E-state index in [2.05, 4.69) is 20.3 Å². The van der Waals surface area contributed by atoms with Crippen LogP contribution in [0.1, 0.15) is 6.92 Å². The predicted molar refractivity (Wildman–Crippen MR) is 90.7 cm³/mol. The number of nitrogens with zero attached hydrogens (tertiary/aromatic N) is 2. The van der Waals surface area contributed by atoms with Crippen LogP contribution in [0.25, 0.3) is 22.3 Å². The molecule has 0 spiro atoms. The molecular formula is C16H15N5O3. The van der Waals surface area contributed by atoms with Crippen molar-refractivity contribution in [1.82, 2.24) is 15.0 Å². The second kappa shape index (κ2) is 6.37. The molecule has 0 atom stereocenters. The molecule has 4 N–H and O–H groups in total. The lowest BCUT2D eigenvalue weighted by molar-refractivity contribution is 0.168. The number of nitrogen functional groups attached to an aromatic ring is 1. The molecule has 24 heavy (non-hydrogen) atoms. The third-order valence-electron chi connectivity index (χ3n) is 3.26. The van der Waals surface area contributed by atoms with E-state index in [-0.39, 0.29) is 29.5 Å². The van der Waals surface area contributed by atoms with Gasteiger partial charge in [0, 0.05) is 11.6 Å². The highest BCUT2D eigenvalue weighted by atomic mass is 16.5. The second-order valence-electron chi connectivity index (χ2n) is 4.91. The summed E-state index contributed by atoms with van der Waals surface area (Å²) in [6, 6.07) is 10.5. The minimum atomic E-state index is -0.653. The topological polar surface area (TPSA) is 123 Å². The summed E-state index contributed by atoms with van der Waals surface area (Å²) < 4.78 is 4.78. The molecule has 8 heteroatoms. The number of nitrogens with one attached hydrogen (secondary N) is 2. The van der Waals surface area contributed by atoms with E-state index < -0.39 is 6.09 Å². The van der Waals surface area contributed by atoms with Gasteiger partial charge in [-0.3, -0.25) is 10.1 Å². The van der Waals surface area contributed by atoms with Crippen molar-refractivity contribution in [1.29, 1.82) is 0 Å². The Balaban J connectivity index is 2.07. The summed E-state index contributed by atoms with van der Waals surface area (Å²) in [5, 5.41) is 2.44. The zero-order valence-corrected chi connectivity index (χ0v) is 12.9. The minimum absolute atomic E-state index is 0.0905. The highest BCUT2D eigenvalue weighted by Crippen LogP contribution is 2.21. The van der Waals surface area contributed by atoms with E-state index in [0.717, 1.165) is 0 Å². The van der Waals surface area contributed by atoms with Crippen molar-refractivity contribution in [3.8, 4) is 11.3 Å². The van der Waals surface area contributed by atoms with Gasteiger partial charge in [-0.1, -0.05) is 30.3 Å². The molecule has 0 saturated heterocycles. The van der Waals surface area contributed by atoms with E-state index in [1.165, 1.54) is 6.07 Å². The van der Waals surface area contributed by atoms with Crippen LogP contribution in [-0.2, 0) is 4.74 Å². The number of hydrogen-bond donors (Lipinski definition) is 3. The maximum absolute atomic E-state index is 12.3. The Hall–Kier alpha value is -3.42. The summed E-state index contributed by atoms with van der Waals surface area (Å²) in [5.74, 6) is 0.260. The summed E-state index contributed by atoms with van der Waals surface area (Å²) >= 11 is 0. The molecule has 122 valence electrons. The number of amides is 1. The normalized spacial score (nSPS) is 10.5. The van der Waals surface area contributed by atoms with Crippen LogP contribution in [0.5, 0.6) is 0 Å². The Labute approximate surface area is 136 Å². The number of pyridine rings is 1. The summed E-state index contributed by atoms with van der Waals surface area (Å²) in [6.45, 7) is 1.92. The van der Waals surface area contributed by atoms with Gasteiger partial charge in [-0.05, 0) is 6.92 Å². The number of hydrogen-bond acceptors (Lipinski definition) is 6. The van der Waals surface area contributed by atoms with Crippen molar-refractivity contribution in [2.75, 3.05) is 17.7 Å². The molecule has 0 aliphatic rings. The summed E-state index contributed by atoms with van der Waals surface area (Å²) in [5.41, 5.74) is 7.21. The molecule has 2 aromatic heterocycles. The van der Waals surface area contributed by atoms with Gasteiger partial charge in [0.25, 0.3) is 5.56 Å². The Morgan fingerprint density at radius 2 is 2.04 bits per heavy atom. The van der Waals surface area contributed by atoms with Crippen LogP contribution in [0.2, 0.25) is 0 Å². The number of fused-ring (bicyclic) bond motifs is 1. The van der Waals surface area contributed by atoms with Gasteiger partial charge in [-0.25, -0.2) is 14.8 Å².